The first-order valence-electron chi connectivity index (χ1n) is 6.11. The Bertz CT molecular complexity index is 469. The van der Waals surface area contributed by atoms with Crippen LogP contribution in [0.15, 0.2) is 12.1 Å². The Kier molecular flexibility index (Phi) is 2.50. The molecule has 1 aromatic rings. The average molecular weight is 234 g/mol. The highest BCUT2D eigenvalue weighted by molar-refractivity contribution is 5.94. The summed E-state index contributed by atoms with van der Waals surface area (Å²) in [5.41, 5.74) is 2.15. The molecule has 2 N–H and O–H groups in total. The molecular formula is C13H15FN2O. The van der Waals surface area contributed by atoms with Crippen LogP contribution in [0.2, 0.25) is 0 Å². The number of amides is 1. The van der Waals surface area contributed by atoms with Gasteiger partial charge in [0.15, 0.2) is 0 Å². The summed E-state index contributed by atoms with van der Waals surface area (Å²) in [4.78, 5) is 11.3. The molecule has 0 unspecified atom stereocenters. The van der Waals surface area contributed by atoms with Crippen molar-refractivity contribution in [3.8, 4) is 0 Å². The van der Waals surface area contributed by atoms with Crippen LogP contribution in [0.5, 0.6) is 0 Å². The van der Waals surface area contributed by atoms with Crippen molar-refractivity contribution in [2.24, 2.45) is 0 Å². The minimum atomic E-state index is -0.216. The van der Waals surface area contributed by atoms with Crippen molar-refractivity contribution in [1.29, 1.82) is 0 Å². The fourth-order valence-corrected chi connectivity index (χ4v) is 2.28. The molecule has 4 heteroatoms. The van der Waals surface area contributed by atoms with Crippen LogP contribution in [0, 0.1) is 5.82 Å². The lowest BCUT2D eigenvalue weighted by atomic mass is 9.92. The van der Waals surface area contributed by atoms with Crippen LogP contribution in [-0.4, -0.2) is 11.9 Å². The first-order chi connectivity index (χ1) is 8.22. The molecule has 0 saturated heterocycles. The predicted octanol–water partition coefficient (Wildman–Crippen LogP) is 2.67. The standard InChI is InChI=1S/C13H15FN2O/c14-10-6-8-4-5-13(17)16-11(8)7-12(10)15-9-2-1-3-9/h6-7,9,15H,1-5H2,(H,16,17). The molecule has 1 saturated carbocycles. The van der Waals surface area contributed by atoms with Crippen LogP contribution in [0.4, 0.5) is 15.8 Å². The number of carbonyl (C=O) groups excluding carboxylic acids is 1. The molecule has 1 aromatic carbocycles. The second-order valence-corrected chi connectivity index (χ2v) is 4.81. The number of anilines is 2. The maximum atomic E-state index is 13.8. The first kappa shape index (κ1) is 10.6. The zero-order valence-electron chi connectivity index (χ0n) is 9.55. The molecule has 90 valence electrons. The number of halogens is 1. The molecule has 1 aliphatic heterocycles. The van der Waals surface area contributed by atoms with E-state index in [9.17, 15) is 9.18 Å². The van der Waals surface area contributed by atoms with Gasteiger partial charge in [-0.2, -0.15) is 0 Å². The van der Waals surface area contributed by atoms with Gasteiger partial charge in [0.25, 0.3) is 0 Å². The van der Waals surface area contributed by atoms with Crippen molar-refractivity contribution in [3.05, 3.63) is 23.5 Å². The molecule has 0 radical (unpaired) electrons. The van der Waals surface area contributed by atoms with Crippen molar-refractivity contribution in [1.82, 2.24) is 0 Å². The third-order valence-corrected chi connectivity index (χ3v) is 3.55. The molecule has 3 nitrogen and oxygen atoms in total. The monoisotopic (exact) mass is 234 g/mol. The van der Waals surface area contributed by atoms with Crippen LogP contribution in [0.1, 0.15) is 31.2 Å². The molecule has 0 aromatic heterocycles. The van der Waals surface area contributed by atoms with Gasteiger partial charge in [-0.25, -0.2) is 4.39 Å². The van der Waals surface area contributed by atoms with Gasteiger partial charge in [0.2, 0.25) is 5.91 Å². The van der Waals surface area contributed by atoms with Crippen LogP contribution in [0.3, 0.4) is 0 Å². The van der Waals surface area contributed by atoms with Gasteiger partial charge < -0.3 is 10.6 Å². The largest absolute Gasteiger partial charge is 0.380 e. The molecule has 0 spiro atoms. The summed E-state index contributed by atoms with van der Waals surface area (Å²) in [7, 11) is 0. The molecule has 17 heavy (non-hydrogen) atoms. The Balaban J connectivity index is 1.88. The SMILES string of the molecule is O=C1CCc2cc(F)c(NC3CCC3)cc2N1. The fourth-order valence-electron chi connectivity index (χ4n) is 2.28. The lowest BCUT2D eigenvalue weighted by Crippen LogP contribution is -2.28. The number of aryl methyl sites for hydroxylation is 1. The summed E-state index contributed by atoms with van der Waals surface area (Å²) in [6.07, 6.45) is 4.48. The lowest BCUT2D eigenvalue weighted by Gasteiger charge is -2.28. The second-order valence-electron chi connectivity index (χ2n) is 4.81. The number of fused-ring (bicyclic) bond motifs is 1. The number of carbonyl (C=O) groups is 1. The highest BCUT2D eigenvalue weighted by atomic mass is 19.1. The Hall–Kier alpha value is -1.58. The third kappa shape index (κ3) is 1.99. The van der Waals surface area contributed by atoms with Gasteiger partial charge in [-0.15, -0.1) is 0 Å². The van der Waals surface area contributed by atoms with Crippen molar-refractivity contribution in [2.45, 2.75) is 38.1 Å². The summed E-state index contributed by atoms with van der Waals surface area (Å²) < 4.78 is 13.8. The number of benzene rings is 1. The number of nitrogens with one attached hydrogen (secondary N) is 2. The zero-order chi connectivity index (χ0) is 11.8. The summed E-state index contributed by atoms with van der Waals surface area (Å²) in [6.45, 7) is 0. The molecular weight excluding hydrogens is 219 g/mol. The van der Waals surface area contributed by atoms with E-state index in [1.54, 1.807) is 6.07 Å². The number of hydrogen-bond acceptors (Lipinski definition) is 2. The fraction of sp³-hybridized carbons (Fsp3) is 0.462. The maximum absolute atomic E-state index is 13.8. The summed E-state index contributed by atoms with van der Waals surface area (Å²) in [5.74, 6) is -0.203. The van der Waals surface area contributed by atoms with Crippen molar-refractivity contribution >= 4 is 17.3 Å². The lowest BCUT2D eigenvalue weighted by molar-refractivity contribution is -0.116. The van der Waals surface area contributed by atoms with E-state index >= 15 is 0 Å². The third-order valence-electron chi connectivity index (χ3n) is 3.55. The topological polar surface area (TPSA) is 41.1 Å². The summed E-state index contributed by atoms with van der Waals surface area (Å²) in [6, 6.07) is 3.65. The highest BCUT2D eigenvalue weighted by Crippen LogP contribution is 2.31. The molecule has 3 rings (SSSR count). The summed E-state index contributed by atoms with van der Waals surface area (Å²) in [5, 5.41) is 5.98. The van der Waals surface area contributed by atoms with Crippen molar-refractivity contribution < 1.29 is 9.18 Å². The first-order valence-corrected chi connectivity index (χ1v) is 6.11. The van der Waals surface area contributed by atoms with E-state index in [0.29, 0.717) is 24.6 Å². The van der Waals surface area contributed by atoms with E-state index < -0.39 is 0 Å². The number of hydrogen-bond donors (Lipinski definition) is 2. The van der Waals surface area contributed by atoms with E-state index in [2.05, 4.69) is 10.6 Å². The van der Waals surface area contributed by atoms with Gasteiger partial charge in [-0.3, -0.25) is 4.79 Å². The van der Waals surface area contributed by atoms with Gasteiger partial charge in [-0.1, -0.05) is 0 Å². The zero-order valence-corrected chi connectivity index (χ0v) is 9.55. The van der Waals surface area contributed by atoms with E-state index in [4.69, 9.17) is 0 Å². The normalized spacial score (nSPS) is 19.2. The van der Waals surface area contributed by atoms with Gasteiger partial charge in [0, 0.05) is 18.2 Å². The highest BCUT2D eigenvalue weighted by Gasteiger charge is 2.21. The van der Waals surface area contributed by atoms with E-state index in [-0.39, 0.29) is 11.7 Å². The van der Waals surface area contributed by atoms with Gasteiger partial charge >= 0.3 is 0 Å². The summed E-state index contributed by atoms with van der Waals surface area (Å²) >= 11 is 0. The molecule has 1 aliphatic carbocycles. The van der Waals surface area contributed by atoms with E-state index in [1.807, 2.05) is 0 Å². The Morgan fingerprint density at radius 1 is 1.29 bits per heavy atom. The van der Waals surface area contributed by atoms with Gasteiger partial charge in [0.1, 0.15) is 5.82 Å². The minimum Gasteiger partial charge on any atom is -0.380 e. The van der Waals surface area contributed by atoms with Crippen LogP contribution < -0.4 is 10.6 Å². The Labute approximate surface area is 99.4 Å². The quantitative estimate of drug-likeness (QED) is 0.826. The van der Waals surface area contributed by atoms with Crippen LogP contribution >= 0.6 is 0 Å². The smallest absolute Gasteiger partial charge is 0.224 e. The minimum absolute atomic E-state index is 0.0127. The Morgan fingerprint density at radius 3 is 2.82 bits per heavy atom. The molecule has 1 amide bonds. The van der Waals surface area contributed by atoms with Crippen molar-refractivity contribution in [2.75, 3.05) is 10.6 Å². The second kappa shape index (κ2) is 4.02. The number of rotatable bonds is 2. The molecule has 0 atom stereocenters. The van der Waals surface area contributed by atoms with Crippen molar-refractivity contribution in [3.63, 3.8) is 0 Å². The van der Waals surface area contributed by atoms with Gasteiger partial charge in [0.05, 0.1) is 5.69 Å². The molecule has 2 aliphatic rings. The van der Waals surface area contributed by atoms with Gasteiger partial charge in [-0.05, 0) is 43.4 Å². The van der Waals surface area contributed by atoms with Crippen LogP contribution in [-0.2, 0) is 11.2 Å². The molecule has 1 fully saturated rings. The molecule has 1 heterocycles. The molecule has 0 bridgehead atoms. The van der Waals surface area contributed by atoms with E-state index in [1.165, 1.54) is 12.5 Å². The predicted molar refractivity (Wildman–Crippen MR) is 64.6 cm³/mol. The Morgan fingerprint density at radius 2 is 2.12 bits per heavy atom. The van der Waals surface area contributed by atoms with Crippen LogP contribution in [0.25, 0.3) is 0 Å². The maximum Gasteiger partial charge on any atom is 0.224 e. The average Bonchev–Trinajstić information content (AvgIpc) is 2.24. The van der Waals surface area contributed by atoms with E-state index in [0.717, 1.165) is 24.1 Å².